The zero-order valence-corrected chi connectivity index (χ0v) is 16.2. The van der Waals surface area contributed by atoms with Crippen LogP contribution in [0.2, 0.25) is 0 Å². The van der Waals surface area contributed by atoms with Crippen LogP contribution >= 0.6 is 0 Å². The zero-order valence-electron chi connectivity index (χ0n) is 16.2. The first-order chi connectivity index (χ1) is 11.8. The SMILES string of the molecule is CC(=O)Nc1ccc(/C=C/C(=O)N(CCC(C)C)CCC(C)C)cc1. The monoisotopic (exact) mass is 344 g/mol. The van der Waals surface area contributed by atoms with Crippen LogP contribution in [-0.2, 0) is 9.59 Å². The predicted octanol–water partition coefficient (Wildman–Crippen LogP) is 4.58. The van der Waals surface area contributed by atoms with Gasteiger partial charge in [-0.15, -0.1) is 0 Å². The largest absolute Gasteiger partial charge is 0.339 e. The van der Waals surface area contributed by atoms with Crippen molar-refractivity contribution in [1.29, 1.82) is 0 Å². The van der Waals surface area contributed by atoms with Crippen LogP contribution in [-0.4, -0.2) is 29.8 Å². The maximum Gasteiger partial charge on any atom is 0.246 e. The first-order valence-corrected chi connectivity index (χ1v) is 9.12. The Morgan fingerprint density at radius 3 is 1.96 bits per heavy atom. The van der Waals surface area contributed by atoms with Crippen LogP contribution in [0.4, 0.5) is 5.69 Å². The van der Waals surface area contributed by atoms with Gasteiger partial charge in [-0.25, -0.2) is 0 Å². The molecule has 2 amide bonds. The molecule has 4 nitrogen and oxygen atoms in total. The summed E-state index contributed by atoms with van der Waals surface area (Å²) in [6.07, 6.45) is 5.51. The van der Waals surface area contributed by atoms with Gasteiger partial charge in [-0.05, 0) is 48.4 Å². The minimum atomic E-state index is -0.0931. The Kier molecular flexibility index (Phi) is 8.96. The summed E-state index contributed by atoms with van der Waals surface area (Å²) in [7, 11) is 0. The quantitative estimate of drug-likeness (QED) is 0.667. The molecule has 1 aromatic carbocycles. The Hall–Kier alpha value is -2.10. The van der Waals surface area contributed by atoms with Crippen LogP contribution in [0.1, 0.15) is 53.0 Å². The third-order valence-corrected chi connectivity index (χ3v) is 3.91. The molecule has 0 radical (unpaired) electrons. The zero-order chi connectivity index (χ0) is 18.8. The predicted molar refractivity (Wildman–Crippen MR) is 105 cm³/mol. The van der Waals surface area contributed by atoms with Gasteiger partial charge in [-0.1, -0.05) is 39.8 Å². The highest BCUT2D eigenvalue weighted by Crippen LogP contribution is 2.12. The molecule has 0 bridgehead atoms. The van der Waals surface area contributed by atoms with Crippen LogP contribution in [0.3, 0.4) is 0 Å². The van der Waals surface area contributed by atoms with Gasteiger partial charge in [0.1, 0.15) is 0 Å². The first-order valence-electron chi connectivity index (χ1n) is 9.12. The molecule has 138 valence electrons. The minimum absolute atomic E-state index is 0.0623. The fraction of sp³-hybridized carbons (Fsp3) is 0.524. The molecule has 0 aliphatic rings. The van der Waals surface area contributed by atoms with Crippen molar-refractivity contribution in [3.63, 3.8) is 0 Å². The number of hydrogen-bond acceptors (Lipinski definition) is 2. The highest BCUT2D eigenvalue weighted by Gasteiger charge is 2.11. The highest BCUT2D eigenvalue weighted by molar-refractivity contribution is 5.92. The van der Waals surface area contributed by atoms with Gasteiger partial charge >= 0.3 is 0 Å². The number of amides is 2. The number of rotatable bonds is 9. The lowest BCUT2D eigenvalue weighted by molar-refractivity contribution is -0.126. The van der Waals surface area contributed by atoms with E-state index in [4.69, 9.17) is 0 Å². The second-order valence-electron chi connectivity index (χ2n) is 7.33. The molecule has 0 fully saturated rings. The molecular formula is C21H32N2O2. The number of benzene rings is 1. The summed E-state index contributed by atoms with van der Waals surface area (Å²) in [4.78, 5) is 25.5. The molecule has 4 heteroatoms. The second-order valence-corrected chi connectivity index (χ2v) is 7.33. The Labute approximate surface area is 152 Å². The second kappa shape index (κ2) is 10.7. The minimum Gasteiger partial charge on any atom is -0.339 e. The highest BCUT2D eigenvalue weighted by atomic mass is 16.2. The van der Waals surface area contributed by atoms with Gasteiger partial charge in [0.05, 0.1) is 0 Å². The molecule has 0 heterocycles. The molecule has 1 N–H and O–H groups in total. The summed E-state index contributed by atoms with van der Waals surface area (Å²) in [5, 5.41) is 2.73. The van der Waals surface area contributed by atoms with Crippen molar-refractivity contribution >= 4 is 23.6 Å². The molecule has 0 aliphatic carbocycles. The van der Waals surface area contributed by atoms with Crippen LogP contribution in [0.15, 0.2) is 30.3 Å². The van der Waals surface area contributed by atoms with Crippen molar-refractivity contribution in [2.24, 2.45) is 11.8 Å². The van der Waals surface area contributed by atoms with Gasteiger partial charge in [0.2, 0.25) is 11.8 Å². The average Bonchev–Trinajstić information content (AvgIpc) is 2.53. The number of nitrogens with one attached hydrogen (secondary N) is 1. The average molecular weight is 344 g/mol. The Morgan fingerprint density at radius 1 is 1.00 bits per heavy atom. The van der Waals surface area contributed by atoms with E-state index in [1.165, 1.54) is 6.92 Å². The smallest absolute Gasteiger partial charge is 0.246 e. The van der Waals surface area contributed by atoms with Crippen molar-refractivity contribution in [3.05, 3.63) is 35.9 Å². The van der Waals surface area contributed by atoms with E-state index in [1.54, 1.807) is 6.08 Å². The van der Waals surface area contributed by atoms with E-state index in [-0.39, 0.29) is 11.8 Å². The molecule has 0 aliphatic heterocycles. The standard InChI is InChI=1S/C21H32N2O2/c1-16(2)12-14-23(15-13-17(3)4)21(25)11-8-19-6-9-20(10-7-19)22-18(5)24/h6-11,16-17H,12-15H2,1-5H3,(H,22,24)/b11-8+. The molecule has 25 heavy (non-hydrogen) atoms. The van der Waals surface area contributed by atoms with Gasteiger partial charge in [0, 0.05) is 31.8 Å². The number of carbonyl (C=O) groups is 2. The van der Waals surface area contributed by atoms with E-state index in [2.05, 4.69) is 33.0 Å². The molecule has 0 saturated heterocycles. The topological polar surface area (TPSA) is 49.4 Å². The number of carbonyl (C=O) groups excluding carboxylic acids is 2. The van der Waals surface area contributed by atoms with Crippen LogP contribution in [0.5, 0.6) is 0 Å². The van der Waals surface area contributed by atoms with Gasteiger partial charge in [-0.3, -0.25) is 9.59 Å². The number of anilines is 1. The lowest BCUT2D eigenvalue weighted by atomic mass is 10.1. The molecule has 0 saturated carbocycles. The van der Waals surface area contributed by atoms with Crippen molar-refractivity contribution in [3.8, 4) is 0 Å². The fourth-order valence-corrected chi connectivity index (χ4v) is 2.31. The molecule has 0 atom stereocenters. The third kappa shape index (κ3) is 9.08. The first kappa shape index (κ1) is 20.9. The normalized spacial score (nSPS) is 11.3. The van der Waals surface area contributed by atoms with Crippen LogP contribution < -0.4 is 5.32 Å². The Balaban J connectivity index is 2.69. The maximum atomic E-state index is 12.5. The van der Waals surface area contributed by atoms with E-state index in [0.29, 0.717) is 11.8 Å². The van der Waals surface area contributed by atoms with E-state index in [0.717, 1.165) is 37.2 Å². The van der Waals surface area contributed by atoms with Crippen molar-refractivity contribution in [2.45, 2.75) is 47.5 Å². The van der Waals surface area contributed by atoms with E-state index >= 15 is 0 Å². The van der Waals surface area contributed by atoms with Crippen LogP contribution in [0.25, 0.3) is 6.08 Å². The number of hydrogen-bond donors (Lipinski definition) is 1. The summed E-state index contributed by atoms with van der Waals surface area (Å²) >= 11 is 0. The molecule has 0 aromatic heterocycles. The summed E-state index contributed by atoms with van der Waals surface area (Å²) in [6.45, 7) is 11.8. The maximum absolute atomic E-state index is 12.5. The third-order valence-electron chi connectivity index (χ3n) is 3.91. The van der Waals surface area contributed by atoms with Crippen molar-refractivity contribution in [1.82, 2.24) is 4.90 Å². The fourth-order valence-electron chi connectivity index (χ4n) is 2.31. The Morgan fingerprint density at radius 2 is 1.52 bits per heavy atom. The van der Waals surface area contributed by atoms with Gasteiger partial charge in [0.25, 0.3) is 0 Å². The van der Waals surface area contributed by atoms with E-state index < -0.39 is 0 Å². The summed E-state index contributed by atoms with van der Waals surface area (Å²) in [6, 6.07) is 7.45. The Bertz CT molecular complexity index is 562. The number of nitrogens with zero attached hydrogens (tertiary/aromatic N) is 1. The van der Waals surface area contributed by atoms with Crippen LogP contribution in [0, 0.1) is 11.8 Å². The summed E-state index contributed by atoms with van der Waals surface area (Å²) < 4.78 is 0. The van der Waals surface area contributed by atoms with Gasteiger partial charge in [-0.2, -0.15) is 0 Å². The lowest BCUT2D eigenvalue weighted by Gasteiger charge is -2.23. The molecular weight excluding hydrogens is 312 g/mol. The molecule has 1 aromatic rings. The molecule has 1 rings (SSSR count). The van der Waals surface area contributed by atoms with Gasteiger partial charge in [0.15, 0.2) is 0 Å². The molecule has 0 unspecified atom stereocenters. The summed E-state index contributed by atoms with van der Waals surface area (Å²) in [5.74, 6) is 1.14. The van der Waals surface area contributed by atoms with Crippen molar-refractivity contribution in [2.75, 3.05) is 18.4 Å². The lowest BCUT2D eigenvalue weighted by Crippen LogP contribution is -2.32. The molecule has 0 spiro atoms. The van der Waals surface area contributed by atoms with Crippen molar-refractivity contribution < 1.29 is 9.59 Å². The van der Waals surface area contributed by atoms with E-state index in [1.807, 2.05) is 35.2 Å². The van der Waals surface area contributed by atoms with E-state index in [9.17, 15) is 9.59 Å². The van der Waals surface area contributed by atoms with Gasteiger partial charge < -0.3 is 10.2 Å². The summed E-state index contributed by atoms with van der Waals surface area (Å²) in [5.41, 5.74) is 1.70.